The topological polar surface area (TPSA) is 88.9 Å². The Bertz CT molecular complexity index is 1000. The van der Waals surface area contributed by atoms with Crippen LogP contribution in [-0.4, -0.2) is 32.6 Å². The van der Waals surface area contributed by atoms with Crippen LogP contribution in [0.5, 0.6) is 0 Å². The van der Waals surface area contributed by atoms with Crippen LogP contribution in [0.2, 0.25) is 5.02 Å². The summed E-state index contributed by atoms with van der Waals surface area (Å²) in [4.78, 5) is 28.6. The lowest BCUT2D eigenvalue weighted by Crippen LogP contribution is -2.31. The van der Waals surface area contributed by atoms with Crippen LogP contribution in [0.25, 0.3) is 5.69 Å². The molecule has 2 amide bonds. The first-order valence-electron chi connectivity index (χ1n) is 8.78. The molecule has 144 valence electrons. The Hall–Kier alpha value is -3.19. The Kier molecular flexibility index (Phi) is 6.06. The smallest absolute Gasteiger partial charge is 0.270 e. The minimum absolute atomic E-state index is 0.0113. The van der Waals surface area contributed by atoms with E-state index in [1.54, 1.807) is 41.2 Å². The number of benzene rings is 1. The third-order valence-corrected chi connectivity index (χ3v) is 4.03. The maximum absolute atomic E-state index is 12.4. The van der Waals surface area contributed by atoms with E-state index in [1.807, 2.05) is 32.2 Å². The molecule has 1 aromatic carbocycles. The van der Waals surface area contributed by atoms with Crippen molar-refractivity contribution in [2.75, 3.05) is 0 Å². The summed E-state index contributed by atoms with van der Waals surface area (Å²) < 4.78 is 1.68. The third kappa shape index (κ3) is 4.95. The van der Waals surface area contributed by atoms with Gasteiger partial charge in [0.05, 0.1) is 11.9 Å². The number of hydrogen-bond donors (Lipinski definition) is 2. The molecule has 8 heteroatoms. The van der Waals surface area contributed by atoms with Crippen molar-refractivity contribution in [2.45, 2.75) is 26.4 Å². The number of halogens is 1. The Morgan fingerprint density at radius 1 is 1.11 bits per heavy atom. The molecule has 0 bridgehead atoms. The third-order valence-electron chi connectivity index (χ3n) is 3.80. The van der Waals surface area contributed by atoms with Crippen molar-refractivity contribution in [3.8, 4) is 5.69 Å². The van der Waals surface area contributed by atoms with Crippen molar-refractivity contribution in [2.24, 2.45) is 0 Å². The lowest BCUT2D eigenvalue weighted by molar-refractivity contribution is 0.0936. The van der Waals surface area contributed by atoms with Gasteiger partial charge in [0.1, 0.15) is 11.4 Å². The van der Waals surface area contributed by atoms with Crippen molar-refractivity contribution >= 4 is 23.4 Å². The number of carbonyl (C=O) groups is 2. The second-order valence-electron chi connectivity index (χ2n) is 6.49. The fourth-order valence-electron chi connectivity index (χ4n) is 2.51. The van der Waals surface area contributed by atoms with E-state index in [0.717, 1.165) is 11.3 Å². The van der Waals surface area contributed by atoms with Crippen LogP contribution >= 0.6 is 11.6 Å². The van der Waals surface area contributed by atoms with Gasteiger partial charge in [-0.1, -0.05) is 23.7 Å². The van der Waals surface area contributed by atoms with E-state index < -0.39 is 0 Å². The molecule has 0 atom stereocenters. The van der Waals surface area contributed by atoms with E-state index >= 15 is 0 Å². The van der Waals surface area contributed by atoms with E-state index in [-0.39, 0.29) is 35.8 Å². The van der Waals surface area contributed by atoms with Gasteiger partial charge in [-0.05, 0) is 44.2 Å². The van der Waals surface area contributed by atoms with Crippen LogP contribution in [0.1, 0.15) is 40.4 Å². The Balaban J connectivity index is 1.64. The second-order valence-corrected chi connectivity index (χ2v) is 6.93. The molecule has 28 heavy (non-hydrogen) atoms. The molecule has 2 aromatic heterocycles. The summed E-state index contributed by atoms with van der Waals surface area (Å²) in [7, 11) is 0. The zero-order valence-electron chi connectivity index (χ0n) is 15.5. The van der Waals surface area contributed by atoms with Crippen LogP contribution in [-0.2, 0) is 6.54 Å². The van der Waals surface area contributed by atoms with Crippen molar-refractivity contribution < 1.29 is 9.59 Å². The molecule has 2 heterocycles. The molecule has 0 saturated heterocycles. The molecule has 0 saturated carbocycles. The van der Waals surface area contributed by atoms with Crippen LogP contribution < -0.4 is 10.6 Å². The zero-order valence-corrected chi connectivity index (χ0v) is 16.3. The molecule has 0 aliphatic carbocycles. The highest BCUT2D eigenvalue weighted by molar-refractivity contribution is 6.30. The summed E-state index contributed by atoms with van der Waals surface area (Å²) in [5.74, 6) is -0.679. The summed E-state index contributed by atoms with van der Waals surface area (Å²) in [6.45, 7) is 4.00. The lowest BCUT2D eigenvalue weighted by Gasteiger charge is -2.08. The standard InChI is InChI=1S/C20H20ClN5O2/c1-13(2)24-20(28)18-8-4-7-17(25-18)19(27)22-10-14-11-23-26(12-14)16-6-3-5-15(21)9-16/h3-9,11-13H,10H2,1-2H3,(H,22,27)(H,24,28). The number of nitrogens with zero attached hydrogens (tertiary/aromatic N) is 3. The molecule has 0 aliphatic rings. The predicted octanol–water partition coefficient (Wildman–Crippen LogP) is 2.99. The Morgan fingerprint density at radius 2 is 1.82 bits per heavy atom. The summed E-state index contributed by atoms with van der Waals surface area (Å²) in [5, 5.41) is 10.4. The van der Waals surface area contributed by atoms with E-state index in [9.17, 15) is 9.59 Å². The van der Waals surface area contributed by atoms with Crippen LogP contribution in [0.3, 0.4) is 0 Å². The lowest BCUT2D eigenvalue weighted by atomic mass is 10.2. The fraction of sp³-hybridized carbons (Fsp3) is 0.200. The molecule has 0 aliphatic heterocycles. The number of aromatic nitrogens is 3. The highest BCUT2D eigenvalue weighted by Gasteiger charge is 2.13. The number of nitrogens with one attached hydrogen (secondary N) is 2. The van der Waals surface area contributed by atoms with Gasteiger partial charge in [0, 0.05) is 29.4 Å². The predicted molar refractivity (Wildman–Crippen MR) is 107 cm³/mol. The number of hydrogen-bond acceptors (Lipinski definition) is 4. The summed E-state index contributed by atoms with van der Waals surface area (Å²) in [6.07, 6.45) is 3.48. The van der Waals surface area contributed by atoms with Gasteiger partial charge in [-0.2, -0.15) is 5.10 Å². The molecule has 0 radical (unpaired) electrons. The van der Waals surface area contributed by atoms with Gasteiger partial charge in [0.2, 0.25) is 0 Å². The first-order chi connectivity index (χ1) is 13.4. The zero-order chi connectivity index (χ0) is 20.1. The molecule has 0 unspecified atom stereocenters. The summed E-state index contributed by atoms with van der Waals surface area (Å²) in [6, 6.07) is 12.1. The number of carbonyl (C=O) groups excluding carboxylic acids is 2. The number of rotatable bonds is 6. The average Bonchev–Trinajstić information content (AvgIpc) is 3.15. The van der Waals surface area contributed by atoms with Crippen LogP contribution in [0, 0.1) is 0 Å². The van der Waals surface area contributed by atoms with Crippen molar-refractivity contribution in [3.05, 3.63) is 76.8 Å². The molecule has 3 aromatic rings. The molecule has 3 rings (SSSR count). The molecule has 2 N–H and O–H groups in total. The fourth-order valence-corrected chi connectivity index (χ4v) is 2.69. The van der Waals surface area contributed by atoms with Gasteiger partial charge in [0.15, 0.2) is 0 Å². The first kappa shape index (κ1) is 19.6. The summed E-state index contributed by atoms with van der Waals surface area (Å²) in [5.41, 5.74) is 2.03. The van der Waals surface area contributed by atoms with Crippen molar-refractivity contribution in [1.82, 2.24) is 25.4 Å². The van der Waals surface area contributed by atoms with Gasteiger partial charge < -0.3 is 10.6 Å². The van der Waals surface area contributed by atoms with Gasteiger partial charge >= 0.3 is 0 Å². The SMILES string of the molecule is CC(C)NC(=O)c1cccc(C(=O)NCc2cnn(-c3cccc(Cl)c3)c2)n1. The van der Waals surface area contributed by atoms with E-state index in [2.05, 4.69) is 20.7 Å². The molecule has 0 spiro atoms. The van der Waals surface area contributed by atoms with E-state index in [0.29, 0.717) is 5.02 Å². The molecular weight excluding hydrogens is 378 g/mol. The van der Waals surface area contributed by atoms with Gasteiger partial charge in [-0.15, -0.1) is 0 Å². The largest absolute Gasteiger partial charge is 0.349 e. The number of amides is 2. The monoisotopic (exact) mass is 397 g/mol. The van der Waals surface area contributed by atoms with Crippen molar-refractivity contribution in [3.63, 3.8) is 0 Å². The molecule has 7 nitrogen and oxygen atoms in total. The maximum Gasteiger partial charge on any atom is 0.270 e. The minimum atomic E-state index is -0.366. The van der Waals surface area contributed by atoms with Gasteiger partial charge in [-0.3, -0.25) is 9.59 Å². The highest BCUT2D eigenvalue weighted by Crippen LogP contribution is 2.14. The van der Waals surface area contributed by atoms with E-state index in [1.165, 1.54) is 0 Å². The second kappa shape index (κ2) is 8.67. The Labute approximate surface area is 167 Å². The maximum atomic E-state index is 12.4. The van der Waals surface area contributed by atoms with E-state index in [4.69, 9.17) is 11.6 Å². The first-order valence-corrected chi connectivity index (χ1v) is 9.16. The summed E-state index contributed by atoms with van der Waals surface area (Å²) >= 11 is 6.00. The molecular formula is C20H20ClN5O2. The normalized spacial score (nSPS) is 10.7. The van der Waals surface area contributed by atoms with Crippen molar-refractivity contribution in [1.29, 1.82) is 0 Å². The number of pyridine rings is 1. The Morgan fingerprint density at radius 3 is 2.54 bits per heavy atom. The minimum Gasteiger partial charge on any atom is -0.349 e. The van der Waals surface area contributed by atoms with Gasteiger partial charge in [-0.25, -0.2) is 9.67 Å². The van der Waals surface area contributed by atoms with Gasteiger partial charge in [0.25, 0.3) is 11.8 Å². The highest BCUT2D eigenvalue weighted by atomic mass is 35.5. The molecule has 0 fully saturated rings. The average molecular weight is 398 g/mol. The quantitative estimate of drug-likeness (QED) is 0.669. The van der Waals surface area contributed by atoms with Crippen LogP contribution in [0.4, 0.5) is 0 Å². The van der Waals surface area contributed by atoms with Crippen LogP contribution in [0.15, 0.2) is 54.9 Å².